The van der Waals surface area contributed by atoms with Crippen LogP contribution in [0.15, 0.2) is 84.0 Å². The topological polar surface area (TPSA) is 206 Å². The average Bonchev–Trinajstić information content (AvgIpc) is 3.85. The Morgan fingerprint density at radius 2 is 1.55 bits per heavy atom. The standard InChI is InChI=1S/C48H52N10O7S/c49-44-42-43(31-16-18-34(19-17-31)65-33-10-2-1-3-11-33)53-58(45(42)51-30-50-44)32-9-7-23-56(29-32)40(61)15-8-22-54-24-26-55(27-25-54)39(60)14-4-5-28-66-37-13-6-12-35-41(37)48(64)57(47(35)63)36-20-21-38(59)52-46(36)62/h1-3,6,10-13,16-19,30,32,36H,4-5,7-9,14-15,20-29H2,(H2,49,50,51)(H,52,59,62). The third-order valence-corrected chi connectivity index (χ3v) is 13.9. The number of nitrogens with one attached hydrogen (secondary N) is 1. The van der Waals surface area contributed by atoms with Crippen LogP contribution in [0.3, 0.4) is 0 Å². The zero-order chi connectivity index (χ0) is 45.7. The molecule has 6 heterocycles. The highest BCUT2D eigenvalue weighted by molar-refractivity contribution is 7.99. The van der Waals surface area contributed by atoms with Crippen molar-refractivity contribution in [1.29, 1.82) is 0 Å². The van der Waals surface area contributed by atoms with E-state index in [1.165, 1.54) is 18.1 Å². The molecular formula is C48H52N10O7S. The maximum atomic E-state index is 13.6. The Morgan fingerprint density at radius 3 is 2.33 bits per heavy atom. The Balaban J connectivity index is 0.701. The number of aromatic nitrogens is 4. The van der Waals surface area contributed by atoms with E-state index in [2.05, 4.69) is 20.2 Å². The third-order valence-electron chi connectivity index (χ3n) is 12.8. The Kier molecular flexibility index (Phi) is 13.4. The minimum absolute atomic E-state index is 0.0663. The van der Waals surface area contributed by atoms with Crippen LogP contribution in [0.2, 0.25) is 0 Å². The van der Waals surface area contributed by atoms with Crippen LogP contribution in [0, 0.1) is 0 Å². The van der Waals surface area contributed by atoms with Gasteiger partial charge in [-0.1, -0.05) is 24.3 Å². The molecule has 342 valence electrons. The minimum Gasteiger partial charge on any atom is -0.457 e. The molecule has 4 aliphatic rings. The predicted octanol–water partition coefficient (Wildman–Crippen LogP) is 5.32. The second-order valence-corrected chi connectivity index (χ2v) is 18.2. The van der Waals surface area contributed by atoms with Gasteiger partial charge in [0.05, 0.1) is 22.6 Å². The van der Waals surface area contributed by atoms with E-state index in [1.807, 2.05) is 69.1 Å². The van der Waals surface area contributed by atoms with Gasteiger partial charge in [0.2, 0.25) is 23.6 Å². The number of ether oxygens (including phenoxy) is 1. The maximum Gasteiger partial charge on any atom is 0.263 e. The fourth-order valence-electron chi connectivity index (χ4n) is 9.29. The summed E-state index contributed by atoms with van der Waals surface area (Å²) in [5, 5.41) is 7.96. The van der Waals surface area contributed by atoms with E-state index in [9.17, 15) is 28.8 Å². The fraction of sp³-hybridized carbons (Fsp3) is 0.396. The summed E-state index contributed by atoms with van der Waals surface area (Å²) in [7, 11) is 0. The molecule has 2 atom stereocenters. The second kappa shape index (κ2) is 19.8. The molecule has 5 aromatic rings. The van der Waals surface area contributed by atoms with Crippen LogP contribution in [-0.2, 0) is 19.2 Å². The molecule has 66 heavy (non-hydrogen) atoms. The van der Waals surface area contributed by atoms with Crippen molar-refractivity contribution >= 4 is 64.1 Å². The summed E-state index contributed by atoms with van der Waals surface area (Å²) in [6.45, 7) is 4.81. The molecule has 0 saturated carbocycles. The number of hydrogen-bond acceptors (Lipinski definition) is 13. The zero-order valence-corrected chi connectivity index (χ0v) is 37.4. The molecule has 3 fully saturated rings. The van der Waals surface area contributed by atoms with Crippen molar-refractivity contribution < 1.29 is 33.5 Å². The number of para-hydroxylation sites is 1. The van der Waals surface area contributed by atoms with Gasteiger partial charge in [0.15, 0.2) is 5.65 Å². The minimum atomic E-state index is -1.01. The summed E-state index contributed by atoms with van der Waals surface area (Å²) in [4.78, 5) is 94.1. The molecule has 0 radical (unpaired) electrons. The highest BCUT2D eigenvalue weighted by Gasteiger charge is 2.45. The number of nitrogens with zero attached hydrogens (tertiary/aromatic N) is 8. The van der Waals surface area contributed by atoms with E-state index in [4.69, 9.17) is 15.6 Å². The molecule has 0 aliphatic carbocycles. The first-order valence-electron chi connectivity index (χ1n) is 22.7. The van der Waals surface area contributed by atoms with Crippen LogP contribution in [-0.4, -0.2) is 132 Å². The van der Waals surface area contributed by atoms with Gasteiger partial charge in [0.1, 0.15) is 35.4 Å². The summed E-state index contributed by atoms with van der Waals surface area (Å²) >= 11 is 1.46. The molecule has 3 N–H and O–H groups in total. The number of piperidine rings is 2. The smallest absolute Gasteiger partial charge is 0.263 e. The highest BCUT2D eigenvalue weighted by atomic mass is 32.2. The summed E-state index contributed by atoms with van der Waals surface area (Å²) in [6, 6.07) is 21.3. The van der Waals surface area contributed by atoms with Gasteiger partial charge in [0, 0.05) is 69.0 Å². The van der Waals surface area contributed by atoms with Crippen LogP contribution in [0.4, 0.5) is 5.82 Å². The number of hydrogen-bond donors (Lipinski definition) is 2. The number of benzene rings is 3. The average molecular weight is 913 g/mol. The Bertz CT molecular complexity index is 2650. The number of unbranched alkanes of at least 4 members (excludes halogenated alkanes) is 1. The Labute approximate surface area is 386 Å². The van der Waals surface area contributed by atoms with E-state index in [1.54, 1.807) is 18.2 Å². The van der Waals surface area contributed by atoms with E-state index < -0.39 is 29.7 Å². The number of carbonyl (C=O) groups is 6. The molecule has 9 rings (SSSR count). The lowest BCUT2D eigenvalue weighted by Gasteiger charge is -2.35. The van der Waals surface area contributed by atoms with Crippen LogP contribution in [0.5, 0.6) is 11.5 Å². The van der Waals surface area contributed by atoms with Crippen molar-refractivity contribution in [3.8, 4) is 22.8 Å². The molecule has 2 unspecified atom stereocenters. The summed E-state index contributed by atoms with van der Waals surface area (Å²) in [5.74, 6) is 0.607. The second-order valence-electron chi connectivity index (χ2n) is 17.1. The molecule has 18 heteroatoms. The number of thioether (sulfide) groups is 1. The van der Waals surface area contributed by atoms with Gasteiger partial charge >= 0.3 is 0 Å². The summed E-state index contributed by atoms with van der Waals surface area (Å²) < 4.78 is 7.91. The number of likely N-dealkylation sites (tertiary alicyclic amines) is 1. The van der Waals surface area contributed by atoms with Gasteiger partial charge in [-0.2, -0.15) is 5.10 Å². The van der Waals surface area contributed by atoms with E-state index in [-0.39, 0.29) is 36.3 Å². The van der Waals surface area contributed by atoms with Gasteiger partial charge in [-0.15, -0.1) is 11.8 Å². The zero-order valence-electron chi connectivity index (χ0n) is 36.6. The molecule has 3 saturated heterocycles. The van der Waals surface area contributed by atoms with Crippen molar-refractivity contribution in [2.45, 2.75) is 74.8 Å². The fourth-order valence-corrected chi connectivity index (χ4v) is 10.4. The summed E-state index contributed by atoms with van der Waals surface area (Å²) in [6.07, 6.45) is 6.35. The number of carbonyl (C=O) groups excluding carboxylic acids is 6. The van der Waals surface area contributed by atoms with Crippen molar-refractivity contribution in [2.24, 2.45) is 0 Å². The monoisotopic (exact) mass is 912 g/mol. The van der Waals surface area contributed by atoms with Crippen LogP contribution < -0.4 is 15.8 Å². The van der Waals surface area contributed by atoms with Crippen molar-refractivity contribution in [3.05, 3.63) is 90.3 Å². The molecule has 0 bridgehead atoms. The van der Waals surface area contributed by atoms with Gasteiger partial charge in [-0.25, -0.2) is 14.6 Å². The van der Waals surface area contributed by atoms with Crippen LogP contribution in [0.25, 0.3) is 22.3 Å². The first-order chi connectivity index (χ1) is 32.1. The SMILES string of the molecule is Nc1ncnc2c1c(-c1ccc(Oc3ccccc3)cc1)nn2C1CCCN(C(=O)CCCN2CCN(C(=O)CCCCSc3cccc4c3C(=O)N(C3CCC(=O)NC3=O)C4=O)CC2)C1. The lowest BCUT2D eigenvalue weighted by Crippen LogP contribution is -2.54. The Hall–Kier alpha value is -6.66. The number of nitrogens with two attached hydrogens (primary N) is 1. The van der Waals surface area contributed by atoms with Crippen LogP contribution >= 0.6 is 11.8 Å². The van der Waals surface area contributed by atoms with Crippen LogP contribution in [0.1, 0.15) is 84.5 Å². The number of imide groups is 2. The van der Waals surface area contributed by atoms with Crippen molar-refractivity contribution in [3.63, 3.8) is 0 Å². The predicted molar refractivity (Wildman–Crippen MR) is 246 cm³/mol. The molecule has 3 aromatic carbocycles. The first kappa shape index (κ1) is 44.5. The van der Waals surface area contributed by atoms with Gasteiger partial charge in [-0.05, 0) is 99.4 Å². The summed E-state index contributed by atoms with van der Waals surface area (Å²) in [5.41, 5.74) is 9.17. The molecule has 0 spiro atoms. The lowest BCUT2D eigenvalue weighted by molar-refractivity contribution is -0.136. The van der Waals surface area contributed by atoms with Gasteiger partial charge in [-0.3, -0.25) is 43.9 Å². The molecule has 4 aliphatic heterocycles. The molecule has 6 amide bonds. The molecule has 2 aromatic heterocycles. The highest BCUT2D eigenvalue weighted by Crippen LogP contribution is 2.37. The quantitative estimate of drug-likeness (QED) is 0.0776. The van der Waals surface area contributed by atoms with Gasteiger partial charge < -0.3 is 20.3 Å². The third kappa shape index (κ3) is 9.51. The molecule has 17 nitrogen and oxygen atoms in total. The maximum absolute atomic E-state index is 13.6. The normalized spacial score (nSPS) is 19.1. The lowest BCUT2D eigenvalue weighted by atomic mass is 10.0. The number of amides is 6. The van der Waals surface area contributed by atoms with E-state index >= 15 is 0 Å². The van der Waals surface area contributed by atoms with Crippen molar-refractivity contribution in [2.75, 3.05) is 57.3 Å². The number of nitrogen functional groups attached to an aromatic ring is 1. The number of anilines is 1. The van der Waals surface area contributed by atoms with E-state index in [0.29, 0.717) is 89.9 Å². The first-order valence-corrected chi connectivity index (χ1v) is 23.7. The van der Waals surface area contributed by atoms with Crippen molar-refractivity contribution in [1.82, 2.24) is 44.7 Å². The number of fused-ring (bicyclic) bond motifs is 2. The Morgan fingerprint density at radius 1 is 0.788 bits per heavy atom. The number of piperazine rings is 1. The molecular weight excluding hydrogens is 861 g/mol. The van der Waals surface area contributed by atoms with Gasteiger partial charge in [0.25, 0.3) is 11.8 Å². The largest absolute Gasteiger partial charge is 0.457 e. The van der Waals surface area contributed by atoms with E-state index in [0.717, 1.165) is 61.5 Å². The number of rotatable bonds is 15.